The highest BCUT2D eigenvalue weighted by molar-refractivity contribution is 8.27. The van der Waals surface area contributed by atoms with E-state index in [1.807, 2.05) is 12.1 Å². The normalized spacial score (nSPS) is 15.9. The number of anilines is 1. The minimum Gasteiger partial charge on any atom is -0.268 e. The summed E-state index contributed by atoms with van der Waals surface area (Å²) in [5.74, 6) is -0.433. The fourth-order valence-corrected chi connectivity index (χ4v) is 4.88. The average Bonchev–Trinajstić information content (AvgIpc) is 3.21. The maximum atomic E-state index is 13.9. The first-order chi connectivity index (χ1) is 12.6. The van der Waals surface area contributed by atoms with E-state index in [2.05, 4.69) is 4.98 Å². The molecule has 2 aromatic heterocycles. The third-order valence-corrected chi connectivity index (χ3v) is 6.10. The zero-order valence-corrected chi connectivity index (χ0v) is 15.7. The van der Waals surface area contributed by atoms with Crippen LogP contribution in [0.25, 0.3) is 16.5 Å². The highest BCUT2D eigenvalue weighted by Crippen LogP contribution is 2.37. The Morgan fingerprint density at radius 3 is 2.73 bits per heavy atom. The van der Waals surface area contributed by atoms with Gasteiger partial charge in [-0.25, -0.2) is 4.39 Å². The number of hydrogen-bond donors (Lipinski definition) is 0. The maximum Gasteiger partial charge on any atom is 0.270 e. The molecule has 0 unspecified atom stereocenters. The van der Waals surface area contributed by atoms with Gasteiger partial charge in [0.1, 0.15) is 5.82 Å². The minimum absolute atomic E-state index is 0.172. The lowest BCUT2D eigenvalue weighted by Gasteiger charge is -2.13. The van der Waals surface area contributed by atoms with E-state index in [-0.39, 0.29) is 11.7 Å². The van der Waals surface area contributed by atoms with Gasteiger partial charge in [-0.1, -0.05) is 42.2 Å². The summed E-state index contributed by atoms with van der Waals surface area (Å²) in [6.45, 7) is 0. The summed E-state index contributed by atoms with van der Waals surface area (Å²) in [4.78, 5) is 20.5. The lowest BCUT2D eigenvalue weighted by Crippen LogP contribution is -2.27. The second kappa shape index (κ2) is 7.11. The largest absolute Gasteiger partial charge is 0.270 e. The number of carbonyl (C=O) groups is 1. The Hall–Kier alpha value is -2.35. The van der Waals surface area contributed by atoms with Crippen LogP contribution in [0.3, 0.4) is 0 Å². The number of nitrogens with zero attached hydrogens (tertiary/aromatic N) is 2. The Morgan fingerprint density at radius 2 is 1.96 bits per heavy atom. The number of aromatic nitrogens is 1. The van der Waals surface area contributed by atoms with Gasteiger partial charge in [-0.15, -0.1) is 11.3 Å². The fourth-order valence-electron chi connectivity index (χ4n) is 2.54. The monoisotopic (exact) mass is 398 g/mol. The predicted molar refractivity (Wildman–Crippen MR) is 110 cm³/mol. The van der Waals surface area contributed by atoms with Crippen molar-refractivity contribution in [1.82, 2.24) is 4.98 Å². The van der Waals surface area contributed by atoms with Crippen molar-refractivity contribution in [2.75, 3.05) is 4.90 Å². The van der Waals surface area contributed by atoms with Crippen molar-refractivity contribution in [3.63, 3.8) is 0 Å². The SMILES string of the molecule is O=C1C(=Cc2ccc(-c3ccccc3F)s2)SC(=S)N1c1cccnc1. The van der Waals surface area contributed by atoms with Gasteiger partial charge in [0.15, 0.2) is 4.32 Å². The van der Waals surface area contributed by atoms with Crippen molar-refractivity contribution >= 4 is 57.3 Å². The van der Waals surface area contributed by atoms with Gasteiger partial charge >= 0.3 is 0 Å². The molecule has 1 amide bonds. The second-order valence-electron chi connectivity index (χ2n) is 5.41. The number of pyridine rings is 1. The zero-order chi connectivity index (χ0) is 18.1. The van der Waals surface area contributed by atoms with Gasteiger partial charge in [0.05, 0.1) is 16.8 Å². The van der Waals surface area contributed by atoms with Crippen LogP contribution >= 0.6 is 35.3 Å². The number of carbonyl (C=O) groups excluding carboxylic acids is 1. The maximum absolute atomic E-state index is 13.9. The summed E-state index contributed by atoms with van der Waals surface area (Å²) < 4.78 is 14.4. The van der Waals surface area contributed by atoms with Crippen molar-refractivity contribution < 1.29 is 9.18 Å². The molecule has 3 aromatic rings. The molecule has 3 heterocycles. The average molecular weight is 399 g/mol. The summed E-state index contributed by atoms with van der Waals surface area (Å²) in [6.07, 6.45) is 5.05. The Morgan fingerprint density at radius 1 is 1.12 bits per heavy atom. The molecule has 0 aliphatic carbocycles. The highest BCUT2D eigenvalue weighted by Gasteiger charge is 2.33. The molecular formula is C19H11FN2OS3. The van der Waals surface area contributed by atoms with Crippen molar-refractivity contribution in [2.24, 2.45) is 0 Å². The first-order valence-electron chi connectivity index (χ1n) is 7.66. The molecule has 3 nitrogen and oxygen atoms in total. The lowest BCUT2D eigenvalue weighted by molar-refractivity contribution is -0.113. The summed E-state index contributed by atoms with van der Waals surface area (Å²) in [6, 6.07) is 13.9. The molecule has 0 radical (unpaired) electrons. The molecule has 128 valence electrons. The standard InChI is InChI=1S/C19H11FN2OS3/c20-15-6-2-1-5-14(15)16-8-7-13(25-16)10-17-18(23)22(19(24)26-17)12-4-3-9-21-11-12/h1-11H. The summed E-state index contributed by atoms with van der Waals surface area (Å²) in [5, 5.41) is 0. The molecule has 1 fully saturated rings. The second-order valence-corrected chi connectivity index (χ2v) is 8.20. The van der Waals surface area contributed by atoms with E-state index >= 15 is 0 Å². The number of halogens is 1. The summed E-state index contributed by atoms with van der Waals surface area (Å²) >= 11 is 8.03. The van der Waals surface area contributed by atoms with Crippen molar-refractivity contribution in [3.8, 4) is 10.4 Å². The first-order valence-corrected chi connectivity index (χ1v) is 9.70. The van der Waals surface area contributed by atoms with E-state index in [0.29, 0.717) is 20.5 Å². The van der Waals surface area contributed by atoms with Gasteiger partial charge in [0, 0.05) is 21.5 Å². The van der Waals surface area contributed by atoms with Crippen molar-refractivity contribution in [2.45, 2.75) is 0 Å². The third kappa shape index (κ3) is 3.21. The van der Waals surface area contributed by atoms with Crippen LogP contribution in [-0.2, 0) is 4.79 Å². The molecular weight excluding hydrogens is 387 g/mol. The van der Waals surface area contributed by atoms with Crippen LogP contribution in [-0.4, -0.2) is 15.2 Å². The molecule has 1 aliphatic rings. The Balaban J connectivity index is 1.63. The van der Waals surface area contributed by atoms with Crippen LogP contribution in [0.2, 0.25) is 0 Å². The molecule has 4 rings (SSSR count). The molecule has 1 aromatic carbocycles. The fraction of sp³-hybridized carbons (Fsp3) is 0. The van der Waals surface area contributed by atoms with E-state index in [1.165, 1.54) is 34.1 Å². The van der Waals surface area contributed by atoms with Crippen molar-refractivity contribution in [1.29, 1.82) is 0 Å². The molecule has 0 spiro atoms. The molecule has 0 N–H and O–H groups in total. The number of rotatable bonds is 3. The lowest BCUT2D eigenvalue weighted by atomic mass is 10.2. The van der Waals surface area contributed by atoms with Crippen molar-refractivity contribution in [3.05, 3.63) is 76.5 Å². The number of thiophene rings is 1. The van der Waals surface area contributed by atoms with Gasteiger partial charge in [0.2, 0.25) is 0 Å². The smallest absolute Gasteiger partial charge is 0.268 e. The Kier molecular flexibility index (Phi) is 4.67. The van der Waals surface area contributed by atoms with Crippen LogP contribution in [0, 0.1) is 5.82 Å². The number of thioether (sulfide) groups is 1. The molecule has 0 atom stereocenters. The molecule has 26 heavy (non-hydrogen) atoms. The minimum atomic E-state index is -0.260. The van der Waals surface area contributed by atoms with Gasteiger partial charge in [-0.3, -0.25) is 14.7 Å². The molecule has 1 aliphatic heterocycles. The van der Waals surface area contributed by atoms with Crippen LogP contribution in [0.15, 0.2) is 65.8 Å². The van der Waals surface area contributed by atoms with E-state index < -0.39 is 0 Å². The molecule has 0 bridgehead atoms. The summed E-state index contributed by atoms with van der Waals surface area (Å²) in [7, 11) is 0. The van der Waals surface area contributed by atoms with Gasteiger partial charge in [-0.05, 0) is 36.4 Å². The van der Waals surface area contributed by atoms with Crippen LogP contribution in [0.5, 0.6) is 0 Å². The number of thiocarbonyl (C=S) groups is 1. The van der Waals surface area contributed by atoms with E-state index in [0.717, 1.165) is 9.75 Å². The number of amides is 1. The van der Waals surface area contributed by atoms with Crippen LogP contribution < -0.4 is 4.90 Å². The Labute approximate surface area is 163 Å². The quantitative estimate of drug-likeness (QED) is 0.440. The first kappa shape index (κ1) is 17.1. The van der Waals surface area contributed by atoms with E-state index in [9.17, 15) is 9.18 Å². The molecule has 1 saturated heterocycles. The van der Waals surface area contributed by atoms with E-state index in [4.69, 9.17) is 12.2 Å². The highest BCUT2D eigenvalue weighted by atomic mass is 32.2. The van der Waals surface area contributed by atoms with Crippen LogP contribution in [0.1, 0.15) is 4.88 Å². The topological polar surface area (TPSA) is 33.2 Å². The van der Waals surface area contributed by atoms with E-state index in [1.54, 1.807) is 48.8 Å². The van der Waals surface area contributed by atoms with Gasteiger partial charge < -0.3 is 0 Å². The predicted octanol–water partition coefficient (Wildman–Crippen LogP) is 5.36. The summed E-state index contributed by atoms with van der Waals surface area (Å²) in [5.41, 5.74) is 1.21. The van der Waals surface area contributed by atoms with Gasteiger partial charge in [-0.2, -0.15) is 0 Å². The molecule has 7 heteroatoms. The van der Waals surface area contributed by atoms with Crippen LogP contribution in [0.4, 0.5) is 10.1 Å². The zero-order valence-electron chi connectivity index (χ0n) is 13.3. The Bertz CT molecular complexity index is 1030. The third-order valence-electron chi connectivity index (χ3n) is 3.74. The van der Waals surface area contributed by atoms with Gasteiger partial charge in [0.25, 0.3) is 5.91 Å². The number of hydrogen-bond acceptors (Lipinski definition) is 5. The molecule has 0 saturated carbocycles. The number of benzene rings is 1.